The second kappa shape index (κ2) is 6.77. The molecule has 20 heavy (non-hydrogen) atoms. The minimum absolute atomic E-state index is 0.283. The molecule has 0 radical (unpaired) electrons. The largest absolute Gasteiger partial charge is 0.488 e. The minimum Gasteiger partial charge on any atom is -0.488 e. The Morgan fingerprint density at radius 1 is 1.25 bits per heavy atom. The molecule has 0 aromatic heterocycles. The molecule has 5 heteroatoms. The molecular weight excluding hydrogens is 344 g/mol. The number of halogens is 2. The molecule has 0 amide bonds. The Morgan fingerprint density at radius 2 is 2.00 bits per heavy atom. The molecule has 0 atom stereocenters. The van der Waals surface area contributed by atoms with Crippen molar-refractivity contribution in [1.29, 1.82) is 0 Å². The zero-order valence-electron chi connectivity index (χ0n) is 10.7. The normalized spacial score (nSPS) is 10.2. The van der Waals surface area contributed by atoms with Gasteiger partial charge in [0.05, 0.1) is 7.11 Å². The second-order valence-corrected chi connectivity index (χ2v) is 5.34. The van der Waals surface area contributed by atoms with Crippen LogP contribution in [0.2, 0.25) is 5.02 Å². The number of esters is 1. The summed E-state index contributed by atoms with van der Waals surface area (Å²) < 4.78 is 11.2. The first-order valence-electron chi connectivity index (χ1n) is 5.86. The lowest BCUT2D eigenvalue weighted by Crippen LogP contribution is -2.06. The maximum absolute atomic E-state index is 11.7. The summed E-state index contributed by atoms with van der Waals surface area (Å²) in [4.78, 5) is 11.7. The molecule has 0 aliphatic heterocycles. The van der Waals surface area contributed by atoms with Crippen molar-refractivity contribution in [3.05, 3.63) is 63.1 Å². The maximum atomic E-state index is 11.7. The predicted octanol–water partition coefficient (Wildman–Crippen LogP) is 4.47. The number of hydrogen-bond acceptors (Lipinski definition) is 3. The van der Waals surface area contributed by atoms with Gasteiger partial charge in [-0.2, -0.15) is 0 Å². The van der Waals surface area contributed by atoms with Crippen molar-refractivity contribution < 1.29 is 14.3 Å². The fraction of sp³-hybridized carbons (Fsp3) is 0.133. The number of carbonyl (C=O) groups is 1. The van der Waals surface area contributed by atoms with E-state index in [-0.39, 0.29) is 6.61 Å². The van der Waals surface area contributed by atoms with Crippen LogP contribution in [-0.4, -0.2) is 13.1 Å². The second-order valence-electron chi connectivity index (χ2n) is 4.01. The van der Waals surface area contributed by atoms with Crippen molar-refractivity contribution in [2.75, 3.05) is 7.11 Å². The average molecular weight is 356 g/mol. The van der Waals surface area contributed by atoms with E-state index in [9.17, 15) is 4.79 Å². The SMILES string of the molecule is COC(=O)c1cc(Br)ccc1OCc1ccccc1Cl. The molecule has 2 rings (SSSR count). The number of carbonyl (C=O) groups excluding carboxylic acids is 1. The Hall–Kier alpha value is -1.52. The van der Waals surface area contributed by atoms with Gasteiger partial charge in [-0.3, -0.25) is 0 Å². The van der Waals surface area contributed by atoms with Crippen molar-refractivity contribution in [1.82, 2.24) is 0 Å². The van der Waals surface area contributed by atoms with Gasteiger partial charge in [0.2, 0.25) is 0 Å². The van der Waals surface area contributed by atoms with E-state index in [0.29, 0.717) is 16.3 Å². The topological polar surface area (TPSA) is 35.5 Å². The predicted molar refractivity (Wildman–Crippen MR) is 81.3 cm³/mol. The van der Waals surface area contributed by atoms with Gasteiger partial charge in [-0.15, -0.1) is 0 Å². The van der Waals surface area contributed by atoms with Crippen LogP contribution in [0.5, 0.6) is 5.75 Å². The molecule has 0 heterocycles. The number of hydrogen-bond donors (Lipinski definition) is 0. The van der Waals surface area contributed by atoms with Crippen LogP contribution in [0, 0.1) is 0 Å². The third-order valence-electron chi connectivity index (χ3n) is 2.69. The van der Waals surface area contributed by atoms with E-state index in [2.05, 4.69) is 15.9 Å². The first-order chi connectivity index (χ1) is 9.61. The Balaban J connectivity index is 2.21. The lowest BCUT2D eigenvalue weighted by molar-refractivity contribution is 0.0595. The number of methoxy groups -OCH3 is 1. The molecule has 0 saturated heterocycles. The Kier molecular flexibility index (Phi) is 5.04. The van der Waals surface area contributed by atoms with E-state index >= 15 is 0 Å². The van der Waals surface area contributed by atoms with E-state index in [1.54, 1.807) is 24.3 Å². The minimum atomic E-state index is -0.444. The van der Waals surface area contributed by atoms with Crippen molar-refractivity contribution in [3.8, 4) is 5.75 Å². The van der Waals surface area contributed by atoms with Crippen LogP contribution < -0.4 is 4.74 Å². The van der Waals surface area contributed by atoms with Crippen molar-refractivity contribution in [2.24, 2.45) is 0 Å². The lowest BCUT2D eigenvalue weighted by atomic mass is 10.2. The monoisotopic (exact) mass is 354 g/mol. The fourth-order valence-corrected chi connectivity index (χ4v) is 2.22. The number of rotatable bonds is 4. The summed E-state index contributed by atoms with van der Waals surface area (Å²) >= 11 is 9.38. The summed E-state index contributed by atoms with van der Waals surface area (Å²) in [6, 6.07) is 12.6. The molecule has 0 unspecified atom stereocenters. The van der Waals surface area contributed by atoms with E-state index in [0.717, 1.165) is 10.0 Å². The number of ether oxygens (including phenoxy) is 2. The lowest BCUT2D eigenvalue weighted by Gasteiger charge is -2.11. The van der Waals surface area contributed by atoms with Crippen molar-refractivity contribution >= 4 is 33.5 Å². The van der Waals surface area contributed by atoms with Crippen LogP contribution >= 0.6 is 27.5 Å². The summed E-state index contributed by atoms with van der Waals surface area (Å²) in [6.07, 6.45) is 0. The molecule has 0 saturated carbocycles. The standard InChI is InChI=1S/C15H12BrClO3/c1-19-15(18)12-8-11(16)6-7-14(12)20-9-10-4-2-3-5-13(10)17/h2-8H,9H2,1H3. The third-order valence-corrected chi connectivity index (χ3v) is 3.55. The van der Waals surface area contributed by atoms with E-state index in [1.165, 1.54) is 7.11 Å². The zero-order valence-corrected chi connectivity index (χ0v) is 13.1. The van der Waals surface area contributed by atoms with Crippen molar-refractivity contribution in [3.63, 3.8) is 0 Å². The summed E-state index contributed by atoms with van der Waals surface area (Å²) in [5.74, 6) is 0.0143. The molecule has 3 nitrogen and oxygen atoms in total. The van der Waals surface area contributed by atoms with Crippen LogP contribution in [-0.2, 0) is 11.3 Å². The fourth-order valence-electron chi connectivity index (χ4n) is 1.67. The third kappa shape index (κ3) is 3.52. The summed E-state index contributed by atoms with van der Waals surface area (Å²) in [7, 11) is 1.33. The highest BCUT2D eigenvalue weighted by molar-refractivity contribution is 9.10. The van der Waals surface area contributed by atoms with Crippen LogP contribution in [0.3, 0.4) is 0 Å². The Labute approximate surface area is 130 Å². The van der Waals surface area contributed by atoms with Crippen LogP contribution in [0.25, 0.3) is 0 Å². The molecule has 0 spiro atoms. The highest BCUT2D eigenvalue weighted by atomic mass is 79.9. The molecule has 0 N–H and O–H groups in total. The first-order valence-corrected chi connectivity index (χ1v) is 7.03. The first kappa shape index (κ1) is 14.9. The van der Waals surface area contributed by atoms with Gasteiger partial charge >= 0.3 is 5.97 Å². The van der Waals surface area contributed by atoms with Gasteiger partial charge in [0.25, 0.3) is 0 Å². The highest BCUT2D eigenvalue weighted by Crippen LogP contribution is 2.26. The molecule has 2 aromatic rings. The summed E-state index contributed by atoms with van der Waals surface area (Å²) in [5, 5.41) is 0.629. The van der Waals surface area contributed by atoms with Gasteiger partial charge in [0.1, 0.15) is 17.9 Å². The smallest absolute Gasteiger partial charge is 0.341 e. The van der Waals surface area contributed by atoms with E-state index < -0.39 is 5.97 Å². The molecule has 0 bridgehead atoms. The average Bonchev–Trinajstić information content (AvgIpc) is 2.46. The van der Waals surface area contributed by atoms with Gasteiger partial charge in [-0.1, -0.05) is 45.7 Å². The quantitative estimate of drug-likeness (QED) is 0.759. The van der Waals surface area contributed by atoms with E-state index in [1.807, 2.05) is 18.2 Å². The van der Waals surface area contributed by atoms with Crippen LogP contribution in [0.15, 0.2) is 46.9 Å². The molecule has 2 aromatic carbocycles. The zero-order chi connectivity index (χ0) is 14.5. The summed E-state index contributed by atoms with van der Waals surface area (Å²) in [6.45, 7) is 0.283. The van der Waals surface area contributed by atoms with Crippen LogP contribution in [0.1, 0.15) is 15.9 Å². The van der Waals surface area contributed by atoms with Gasteiger partial charge in [0.15, 0.2) is 0 Å². The Morgan fingerprint density at radius 3 is 2.70 bits per heavy atom. The molecule has 0 aliphatic rings. The Bertz CT molecular complexity index is 628. The maximum Gasteiger partial charge on any atom is 0.341 e. The van der Waals surface area contributed by atoms with Crippen LogP contribution in [0.4, 0.5) is 0 Å². The van der Waals surface area contributed by atoms with Gasteiger partial charge < -0.3 is 9.47 Å². The van der Waals surface area contributed by atoms with Gasteiger partial charge in [0, 0.05) is 15.1 Å². The summed E-state index contributed by atoms with van der Waals surface area (Å²) in [5.41, 5.74) is 1.22. The van der Waals surface area contributed by atoms with Gasteiger partial charge in [-0.25, -0.2) is 4.79 Å². The molecule has 104 valence electrons. The van der Waals surface area contributed by atoms with E-state index in [4.69, 9.17) is 21.1 Å². The number of benzene rings is 2. The highest BCUT2D eigenvalue weighted by Gasteiger charge is 2.14. The van der Waals surface area contributed by atoms with Crippen molar-refractivity contribution in [2.45, 2.75) is 6.61 Å². The molecular formula is C15H12BrClO3. The molecule has 0 aliphatic carbocycles. The molecule has 0 fully saturated rings. The van der Waals surface area contributed by atoms with Gasteiger partial charge in [-0.05, 0) is 24.3 Å².